The zero-order chi connectivity index (χ0) is 12.0. The normalized spacial score (nSPS) is 10.8. The molecule has 0 unspecified atom stereocenters. The van der Waals surface area contributed by atoms with Crippen molar-refractivity contribution in [3.8, 4) is 0 Å². The largest absolute Gasteiger partial charge is 0.361 e. The highest BCUT2D eigenvalue weighted by atomic mass is 16.5. The van der Waals surface area contributed by atoms with Crippen LogP contribution in [-0.4, -0.2) is 42.6 Å². The van der Waals surface area contributed by atoms with E-state index in [2.05, 4.69) is 22.3 Å². The molecular formula is C11H19N3O2. The molecule has 0 aliphatic carbocycles. The summed E-state index contributed by atoms with van der Waals surface area (Å²) >= 11 is 0. The summed E-state index contributed by atoms with van der Waals surface area (Å²) in [7, 11) is 2.01. The zero-order valence-electron chi connectivity index (χ0n) is 10.1. The van der Waals surface area contributed by atoms with Crippen LogP contribution < -0.4 is 5.32 Å². The molecule has 0 spiro atoms. The molecule has 0 saturated heterocycles. The Balaban J connectivity index is 2.35. The first-order valence-corrected chi connectivity index (χ1v) is 5.59. The molecule has 90 valence electrons. The predicted molar refractivity (Wildman–Crippen MR) is 61.4 cm³/mol. The van der Waals surface area contributed by atoms with Crippen molar-refractivity contribution in [3.05, 3.63) is 17.5 Å². The number of carbonyl (C=O) groups is 1. The van der Waals surface area contributed by atoms with E-state index in [0.717, 1.165) is 25.3 Å². The van der Waals surface area contributed by atoms with E-state index in [-0.39, 0.29) is 5.91 Å². The molecule has 1 N–H and O–H groups in total. The van der Waals surface area contributed by atoms with Crippen LogP contribution in [0.4, 0.5) is 0 Å². The Kier molecular flexibility index (Phi) is 4.98. The van der Waals surface area contributed by atoms with Gasteiger partial charge in [-0.1, -0.05) is 19.0 Å². The highest BCUT2D eigenvalue weighted by molar-refractivity contribution is 5.92. The Morgan fingerprint density at radius 2 is 2.31 bits per heavy atom. The lowest BCUT2D eigenvalue weighted by Gasteiger charge is -2.13. The Morgan fingerprint density at radius 1 is 1.56 bits per heavy atom. The van der Waals surface area contributed by atoms with Gasteiger partial charge in [0.2, 0.25) is 0 Å². The van der Waals surface area contributed by atoms with Crippen molar-refractivity contribution < 1.29 is 9.32 Å². The van der Waals surface area contributed by atoms with Crippen molar-refractivity contribution in [3.63, 3.8) is 0 Å². The van der Waals surface area contributed by atoms with Gasteiger partial charge in [0.05, 0.1) is 0 Å². The Labute approximate surface area is 95.8 Å². The van der Waals surface area contributed by atoms with Crippen LogP contribution in [0.2, 0.25) is 0 Å². The van der Waals surface area contributed by atoms with E-state index in [4.69, 9.17) is 4.52 Å². The molecule has 0 fully saturated rings. The van der Waals surface area contributed by atoms with Crippen LogP contribution in [0.5, 0.6) is 0 Å². The average Bonchev–Trinajstić information content (AvgIpc) is 2.77. The molecule has 0 aromatic carbocycles. The van der Waals surface area contributed by atoms with Gasteiger partial charge in [0, 0.05) is 25.6 Å². The predicted octanol–water partition coefficient (Wildman–Crippen LogP) is 0.918. The Bertz CT molecular complexity index is 336. The van der Waals surface area contributed by atoms with Gasteiger partial charge < -0.3 is 14.7 Å². The number of rotatable bonds is 6. The first-order valence-electron chi connectivity index (χ1n) is 5.59. The fourth-order valence-corrected chi connectivity index (χ4v) is 1.20. The van der Waals surface area contributed by atoms with Gasteiger partial charge in [-0.2, -0.15) is 0 Å². The van der Waals surface area contributed by atoms with Gasteiger partial charge in [0.1, 0.15) is 5.76 Å². The maximum absolute atomic E-state index is 11.6. The third-order valence-corrected chi connectivity index (χ3v) is 2.46. The first-order chi connectivity index (χ1) is 7.67. The molecule has 5 nitrogen and oxygen atoms in total. The van der Waals surface area contributed by atoms with Crippen molar-refractivity contribution in [1.29, 1.82) is 0 Å². The highest BCUT2D eigenvalue weighted by Crippen LogP contribution is 2.03. The highest BCUT2D eigenvalue weighted by Gasteiger charge is 2.10. The van der Waals surface area contributed by atoms with E-state index >= 15 is 0 Å². The Morgan fingerprint density at radius 3 is 2.88 bits per heavy atom. The van der Waals surface area contributed by atoms with E-state index in [0.29, 0.717) is 12.2 Å². The number of nitrogens with zero attached hydrogens (tertiary/aromatic N) is 2. The summed E-state index contributed by atoms with van der Waals surface area (Å²) in [6.45, 7) is 6.46. The standard InChI is InChI=1S/C11H19N3O2/c1-4-9-8-10(13-16-9)11(15)12-6-7-14(3)5-2/h8H,4-7H2,1-3H3,(H,12,15). The smallest absolute Gasteiger partial charge is 0.273 e. The van der Waals surface area contributed by atoms with E-state index in [1.165, 1.54) is 0 Å². The second kappa shape index (κ2) is 6.27. The van der Waals surface area contributed by atoms with Gasteiger partial charge in [-0.3, -0.25) is 4.79 Å². The van der Waals surface area contributed by atoms with Crippen molar-refractivity contribution in [1.82, 2.24) is 15.4 Å². The van der Waals surface area contributed by atoms with Crippen LogP contribution in [-0.2, 0) is 6.42 Å². The molecule has 0 aliphatic rings. The van der Waals surface area contributed by atoms with E-state index in [9.17, 15) is 4.79 Å². The molecule has 0 aliphatic heterocycles. The summed E-state index contributed by atoms with van der Waals surface area (Å²) in [5, 5.41) is 6.50. The summed E-state index contributed by atoms with van der Waals surface area (Å²) < 4.78 is 4.96. The van der Waals surface area contributed by atoms with Gasteiger partial charge in [-0.25, -0.2) is 0 Å². The van der Waals surface area contributed by atoms with Crippen LogP contribution in [0.1, 0.15) is 30.1 Å². The van der Waals surface area contributed by atoms with Crippen LogP contribution in [0.25, 0.3) is 0 Å². The summed E-state index contributed by atoms with van der Waals surface area (Å²) in [5.74, 6) is 0.559. The zero-order valence-corrected chi connectivity index (χ0v) is 10.1. The quantitative estimate of drug-likeness (QED) is 0.782. The van der Waals surface area contributed by atoms with Gasteiger partial charge in [0.15, 0.2) is 5.69 Å². The maximum Gasteiger partial charge on any atom is 0.273 e. The van der Waals surface area contributed by atoms with Gasteiger partial charge in [0.25, 0.3) is 5.91 Å². The van der Waals surface area contributed by atoms with Crippen LogP contribution in [0, 0.1) is 0 Å². The minimum Gasteiger partial charge on any atom is -0.361 e. The van der Waals surface area contributed by atoms with E-state index in [1.807, 2.05) is 14.0 Å². The van der Waals surface area contributed by atoms with Crippen LogP contribution in [0.3, 0.4) is 0 Å². The molecule has 0 atom stereocenters. The minimum absolute atomic E-state index is 0.173. The number of aromatic nitrogens is 1. The monoisotopic (exact) mass is 225 g/mol. The SMILES string of the molecule is CCc1cc(C(=O)NCCN(C)CC)no1. The fourth-order valence-electron chi connectivity index (χ4n) is 1.20. The molecule has 0 bridgehead atoms. The maximum atomic E-state index is 11.6. The number of hydrogen-bond acceptors (Lipinski definition) is 4. The molecule has 5 heteroatoms. The fraction of sp³-hybridized carbons (Fsp3) is 0.636. The third kappa shape index (κ3) is 3.66. The van der Waals surface area contributed by atoms with E-state index < -0.39 is 0 Å². The van der Waals surface area contributed by atoms with Crippen molar-refractivity contribution >= 4 is 5.91 Å². The number of hydrogen-bond donors (Lipinski definition) is 1. The van der Waals surface area contributed by atoms with Crippen molar-refractivity contribution in [2.24, 2.45) is 0 Å². The first kappa shape index (κ1) is 12.7. The molecule has 1 heterocycles. The lowest BCUT2D eigenvalue weighted by Crippen LogP contribution is -2.33. The number of amides is 1. The number of aryl methyl sites for hydroxylation is 1. The summed E-state index contributed by atoms with van der Waals surface area (Å²) in [6, 6.07) is 1.68. The van der Waals surface area contributed by atoms with Gasteiger partial charge in [-0.05, 0) is 13.6 Å². The van der Waals surface area contributed by atoms with Crippen molar-refractivity contribution in [2.45, 2.75) is 20.3 Å². The lowest BCUT2D eigenvalue weighted by molar-refractivity contribution is 0.0941. The topological polar surface area (TPSA) is 58.4 Å². The van der Waals surface area contributed by atoms with Crippen molar-refractivity contribution in [2.75, 3.05) is 26.7 Å². The second-order valence-electron chi connectivity index (χ2n) is 3.68. The average molecular weight is 225 g/mol. The summed E-state index contributed by atoms with van der Waals surface area (Å²) in [5.41, 5.74) is 0.357. The minimum atomic E-state index is -0.173. The molecule has 0 radical (unpaired) electrons. The molecule has 0 saturated carbocycles. The molecule has 1 aromatic rings. The lowest BCUT2D eigenvalue weighted by atomic mass is 10.3. The molecular weight excluding hydrogens is 206 g/mol. The molecule has 1 rings (SSSR count). The van der Waals surface area contributed by atoms with E-state index in [1.54, 1.807) is 6.07 Å². The molecule has 16 heavy (non-hydrogen) atoms. The molecule has 1 amide bonds. The number of nitrogens with one attached hydrogen (secondary N) is 1. The third-order valence-electron chi connectivity index (χ3n) is 2.46. The molecule has 1 aromatic heterocycles. The van der Waals surface area contributed by atoms with Crippen LogP contribution >= 0.6 is 0 Å². The van der Waals surface area contributed by atoms with Gasteiger partial charge >= 0.3 is 0 Å². The van der Waals surface area contributed by atoms with Crippen LogP contribution in [0.15, 0.2) is 10.6 Å². The second-order valence-corrected chi connectivity index (χ2v) is 3.68. The number of carbonyl (C=O) groups excluding carboxylic acids is 1. The number of likely N-dealkylation sites (N-methyl/N-ethyl adjacent to an activating group) is 1. The Hall–Kier alpha value is -1.36. The summed E-state index contributed by atoms with van der Waals surface area (Å²) in [6.07, 6.45) is 0.749. The summed E-state index contributed by atoms with van der Waals surface area (Å²) in [4.78, 5) is 13.7. The van der Waals surface area contributed by atoms with Gasteiger partial charge in [-0.15, -0.1) is 0 Å².